The number of aliphatic imine (C=N–C) groups is 1. The van der Waals surface area contributed by atoms with Gasteiger partial charge in [-0.3, -0.25) is 14.7 Å². The second-order valence-electron chi connectivity index (χ2n) is 8.72. The molecule has 3 heterocycles. The molecule has 0 aromatic heterocycles. The highest BCUT2D eigenvalue weighted by molar-refractivity contribution is 5.82. The largest absolute Gasteiger partial charge is 0.357 e. The van der Waals surface area contributed by atoms with Gasteiger partial charge >= 0.3 is 0 Å². The average molecular weight is 407 g/mol. The Labute approximate surface area is 177 Å². The molecule has 1 amide bonds. The van der Waals surface area contributed by atoms with Crippen LogP contribution in [0.1, 0.15) is 52.4 Å². The van der Waals surface area contributed by atoms with Crippen LogP contribution in [0, 0.1) is 0 Å². The van der Waals surface area contributed by atoms with Crippen LogP contribution in [0.25, 0.3) is 0 Å². The zero-order valence-corrected chi connectivity index (χ0v) is 18.7. The number of hydrogen-bond donors (Lipinski definition) is 1. The summed E-state index contributed by atoms with van der Waals surface area (Å²) in [7, 11) is 0. The number of carbonyl (C=O) groups excluding carboxylic acids is 1. The molecule has 1 unspecified atom stereocenters. The Bertz CT molecular complexity index is 519. The molecule has 3 fully saturated rings. The third-order valence-electron chi connectivity index (χ3n) is 6.61. The van der Waals surface area contributed by atoms with Crippen LogP contribution in [-0.4, -0.2) is 110 Å². The SMILES string of the molecule is CCNC(=NCCCCN1CCCC1)N1CCN(C(C)C(=O)N2CCCC2)CC1. The Morgan fingerprint density at radius 1 is 0.897 bits per heavy atom. The second kappa shape index (κ2) is 11.7. The normalized spacial score (nSPS) is 23.0. The Morgan fingerprint density at radius 3 is 2.21 bits per heavy atom. The minimum atomic E-state index is 0.000334. The molecule has 0 saturated carbocycles. The smallest absolute Gasteiger partial charge is 0.239 e. The molecule has 0 radical (unpaired) electrons. The summed E-state index contributed by atoms with van der Waals surface area (Å²) < 4.78 is 0. The van der Waals surface area contributed by atoms with Crippen molar-refractivity contribution in [3.05, 3.63) is 0 Å². The molecule has 3 saturated heterocycles. The molecule has 166 valence electrons. The zero-order chi connectivity index (χ0) is 20.5. The van der Waals surface area contributed by atoms with Gasteiger partial charge in [-0.05, 0) is 72.0 Å². The van der Waals surface area contributed by atoms with Crippen molar-refractivity contribution in [2.75, 3.05) is 72.0 Å². The molecule has 0 aromatic rings. The first-order valence-electron chi connectivity index (χ1n) is 12.0. The number of carbonyl (C=O) groups is 1. The highest BCUT2D eigenvalue weighted by Gasteiger charge is 2.30. The van der Waals surface area contributed by atoms with E-state index >= 15 is 0 Å². The van der Waals surface area contributed by atoms with Crippen LogP contribution in [0.5, 0.6) is 0 Å². The van der Waals surface area contributed by atoms with Gasteiger partial charge in [0.2, 0.25) is 5.91 Å². The van der Waals surface area contributed by atoms with Gasteiger partial charge in [0.15, 0.2) is 5.96 Å². The number of nitrogens with one attached hydrogen (secondary N) is 1. The third-order valence-corrected chi connectivity index (χ3v) is 6.61. The lowest BCUT2D eigenvalue weighted by Gasteiger charge is -2.39. The number of piperazine rings is 1. The topological polar surface area (TPSA) is 54.4 Å². The number of nitrogens with zero attached hydrogens (tertiary/aromatic N) is 5. The van der Waals surface area contributed by atoms with Crippen molar-refractivity contribution in [1.82, 2.24) is 24.9 Å². The molecule has 3 aliphatic rings. The lowest BCUT2D eigenvalue weighted by atomic mass is 10.2. The van der Waals surface area contributed by atoms with Gasteiger partial charge in [0.25, 0.3) is 0 Å². The monoisotopic (exact) mass is 406 g/mol. The Balaban J connectivity index is 1.40. The van der Waals surface area contributed by atoms with Gasteiger partial charge in [-0.1, -0.05) is 0 Å². The van der Waals surface area contributed by atoms with E-state index in [0.29, 0.717) is 5.91 Å². The van der Waals surface area contributed by atoms with Crippen molar-refractivity contribution in [3.8, 4) is 0 Å². The van der Waals surface area contributed by atoms with E-state index in [1.54, 1.807) is 0 Å². The molecule has 0 spiro atoms. The predicted molar refractivity (Wildman–Crippen MR) is 119 cm³/mol. The number of guanidine groups is 1. The number of likely N-dealkylation sites (tertiary alicyclic amines) is 2. The van der Waals surface area contributed by atoms with Crippen molar-refractivity contribution in [3.63, 3.8) is 0 Å². The molecule has 7 nitrogen and oxygen atoms in total. The minimum Gasteiger partial charge on any atom is -0.357 e. The van der Waals surface area contributed by atoms with Crippen LogP contribution in [-0.2, 0) is 4.79 Å². The summed E-state index contributed by atoms with van der Waals surface area (Å²) in [6.45, 7) is 15.4. The Kier molecular flexibility index (Phi) is 9.05. The first-order chi connectivity index (χ1) is 14.2. The molecular formula is C22H42N6O. The van der Waals surface area contributed by atoms with E-state index in [-0.39, 0.29) is 6.04 Å². The molecule has 1 N–H and O–H groups in total. The molecule has 1 atom stereocenters. The lowest BCUT2D eigenvalue weighted by Crippen LogP contribution is -2.57. The molecule has 3 rings (SSSR count). The van der Waals surface area contributed by atoms with Gasteiger partial charge < -0.3 is 20.0 Å². The van der Waals surface area contributed by atoms with Crippen LogP contribution >= 0.6 is 0 Å². The van der Waals surface area contributed by atoms with Crippen molar-refractivity contribution < 1.29 is 4.79 Å². The Morgan fingerprint density at radius 2 is 1.55 bits per heavy atom. The minimum absolute atomic E-state index is 0.000334. The summed E-state index contributed by atoms with van der Waals surface area (Å²) in [5.74, 6) is 1.36. The summed E-state index contributed by atoms with van der Waals surface area (Å²) in [6.07, 6.45) is 7.47. The average Bonchev–Trinajstić information content (AvgIpc) is 3.46. The van der Waals surface area contributed by atoms with Crippen LogP contribution in [0.15, 0.2) is 4.99 Å². The quantitative estimate of drug-likeness (QED) is 0.376. The van der Waals surface area contributed by atoms with Crippen molar-refractivity contribution in [1.29, 1.82) is 0 Å². The first-order valence-corrected chi connectivity index (χ1v) is 12.0. The molecule has 29 heavy (non-hydrogen) atoms. The molecular weight excluding hydrogens is 364 g/mol. The zero-order valence-electron chi connectivity index (χ0n) is 18.7. The maximum absolute atomic E-state index is 12.7. The van der Waals surface area contributed by atoms with Gasteiger partial charge in [-0.25, -0.2) is 0 Å². The van der Waals surface area contributed by atoms with E-state index in [2.05, 4.69) is 33.9 Å². The molecule has 7 heteroatoms. The van der Waals surface area contributed by atoms with Gasteiger partial charge in [0.1, 0.15) is 0 Å². The van der Waals surface area contributed by atoms with Gasteiger partial charge in [0, 0.05) is 52.4 Å². The van der Waals surface area contributed by atoms with E-state index < -0.39 is 0 Å². The third kappa shape index (κ3) is 6.57. The first kappa shape index (κ1) is 22.3. The number of rotatable bonds is 8. The number of hydrogen-bond acceptors (Lipinski definition) is 4. The fraction of sp³-hybridized carbons (Fsp3) is 0.909. The van der Waals surface area contributed by atoms with E-state index in [9.17, 15) is 4.79 Å². The summed E-state index contributed by atoms with van der Waals surface area (Å²) in [6, 6.07) is 0.000334. The standard InChI is InChI=1S/C22H42N6O/c1-3-23-22(24-10-4-5-11-25-12-6-7-13-25)28-18-16-26(17-19-28)20(2)21(29)27-14-8-9-15-27/h20H,3-19H2,1-2H3,(H,23,24). The van der Waals surface area contributed by atoms with Crippen LogP contribution in [0.4, 0.5) is 0 Å². The molecule has 3 aliphatic heterocycles. The van der Waals surface area contributed by atoms with Crippen molar-refractivity contribution >= 4 is 11.9 Å². The number of amides is 1. The van der Waals surface area contributed by atoms with Gasteiger partial charge in [-0.2, -0.15) is 0 Å². The number of unbranched alkanes of at least 4 members (excludes halogenated alkanes) is 1. The fourth-order valence-electron chi connectivity index (χ4n) is 4.74. The molecule has 0 aliphatic carbocycles. The maximum Gasteiger partial charge on any atom is 0.239 e. The van der Waals surface area contributed by atoms with Crippen LogP contribution in [0.3, 0.4) is 0 Å². The maximum atomic E-state index is 12.7. The van der Waals surface area contributed by atoms with Crippen molar-refractivity contribution in [2.45, 2.75) is 58.4 Å². The second-order valence-corrected chi connectivity index (χ2v) is 8.72. The van der Waals surface area contributed by atoms with Crippen LogP contribution < -0.4 is 5.32 Å². The predicted octanol–water partition coefficient (Wildman–Crippen LogP) is 1.46. The van der Waals surface area contributed by atoms with Gasteiger partial charge in [0.05, 0.1) is 6.04 Å². The molecule has 0 bridgehead atoms. The lowest BCUT2D eigenvalue weighted by molar-refractivity contribution is -0.135. The summed E-state index contributed by atoms with van der Waals surface area (Å²) in [5.41, 5.74) is 0. The van der Waals surface area contributed by atoms with E-state index in [0.717, 1.165) is 77.6 Å². The van der Waals surface area contributed by atoms with Crippen molar-refractivity contribution in [2.24, 2.45) is 4.99 Å². The highest BCUT2D eigenvalue weighted by Crippen LogP contribution is 2.14. The van der Waals surface area contributed by atoms with E-state index in [4.69, 9.17) is 4.99 Å². The van der Waals surface area contributed by atoms with Gasteiger partial charge in [-0.15, -0.1) is 0 Å². The highest BCUT2D eigenvalue weighted by atomic mass is 16.2. The fourth-order valence-corrected chi connectivity index (χ4v) is 4.74. The van der Waals surface area contributed by atoms with E-state index in [1.165, 1.54) is 38.9 Å². The van der Waals surface area contributed by atoms with Crippen LogP contribution in [0.2, 0.25) is 0 Å². The molecule has 0 aromatic carbocycles. The summed E-state index contributed by atoms with van der Waals surface area (Å²) in [4.78, 5) is 26.9. The Hall–Kier alpha value is -1.34. The summed E-state index contributed by atoms with van der Waals surface area (Å²) >= 11 is 0. The van der Waals surface area contributed by atoms with E-state index in [1.807, 2.05) is 4.90 Å². The summed E-state index contributed by atoms with van der Waals surface area (Å²) in [5, 5.41) is 3.47.